The molecule has 0 aliphatic heterocycles. The molecule has 4 heteroatoms. The van der Waals surface area contributed by atoms with Crippen molar-refractivity contribution in [2.45, 2.75) is 45.3 Å². The molecule has 0 saturated carbocycles. The van der Waals surface area contributed by atoms with E-state index < -0.39 is 5.60 Å². The van der Waals surface area contributed by atoms with E-state index in [-0.39, 0.29) is 0 Å². The van der Waals surface area contributed by atoms with Gasteiger partial charge in [-0.3, -0.25) is 4.68 Å². The number of hydrogen-bond acceptors (Lipinski definition) is 3. The molecule has 0 fully saturated rings. The molecule has 0 bridgehead atoms. The summed E-state index contributed by atoms with van der Waals surface area (Å²) in [7, 11) is 1.89. The molecule has 0 aromatic carbocycles. The SMILES string of the molecule is CC(C)NCCC(C)(O)Cc1cnn(C)c1. The van der Waals surface area contributed by atoms with Crippen LogP contribution in [0.4, 0.5) is 0 Å². The Morgan fingerprint density at radius 1 is 1.56 bits per heavy atom. The normalized spacial score (nSPS) is 15.4. The molecule has 0 radical (unpaired) electrons. The maximum absolute atomic E-state index is 10.2. The Labute approximate surface area is 97.7 Å². The van der Waals surface area contributed by atoms with Crippen molar-refractivity contribution in [3.05, 3.63) is 18.0 Å². The van der Waals surface area contributed by atoms with Crippen LogP contribution in [0.15, 0.2) is 12.4 Å². The maximum Gasteiger partial charge on any atom is 0.0673 e. The Morgan fingerprint density at radius 3 is 2.75 bits per heavy atom. The lowest BCUT2D eigenvalue weighted by molar-refractivity contribution is 0.0511. The van der Waals surface area contributed by atoms with Crippen LogP contribution in [-0.4, -0.2) is 33.1 Å². The van der Waals surface area contributed by atoms with Crippen LogP contribution in [-0.2, 0) is 13.5 Å². The summed E-state index contributed by atoms with van der Waals surface area (Å²) in [5, 5.41) is 17.6. The number of aliphatic hydroxyl groups is 1. The highest BCUT2D eigenvalue weighted by Crippen LogP contribution is 2.15. The van der Waals surface area contributed by atoms with E-state index in [2.05, 4.69) is 24.3 Å². The van der Waals surface area contributed by atoms with Crippen LogP contribution in [0.5, 0.6) is 0 Å². The summed E-state index contributed by atoms with van der Waals surface area (Å²) in [6.45, 7) is 6.93. The number of rotatable bonds is 6. The molecule has 0 spiro atoms. The summed E-state index contributed by atoms with van der Waals surface area (Å²) >= 11 is 0. The van der Waals surface area contributed by atoms with Gasteiger partial charge >= 0.3 is 0 Å². The zero-order chi connectivity index (χ0) is 12.2. The van der Waals surface area contributed by atoms with Crippen LogP contribution in [0.2, 0.25) is 0 Å². The van der Waals surface area contributed by atoms with Crippen molar-refractivity contribution >= 4 is 0 Å². The third-order valence-corrected chi connectivity index (χ3v) is 2.56. The van der Waals surface area contributed by atoms with Gasteiger partial charge < -0.3 is 10.4 Å². The third kappa shape index (κ3) is 4.77. The minimum absolute atomic E-state index is 0.467. The van der Waals surface area contributed by atoms with E-state index in [0.29, 0.717) is 12.5 Å². The molecule has 4 nitrogen and oxygen atoms in total. The first-order chi connectivity index (χ1) is 7.39. The highest BCUT2D eigenvalue weighted by Gasteiger charge is 2.21. The predicted octanol–water partition coefficient (Wildman–Crippen LogP) is 1.10. The van der Waals surface area contributed by atoms with E-state index in [4.69, 9.17) is 0 Å². The van der Waals surface area contributed by atoms with Gasteiger partial charge in [-0.2, -0.15) is 5.10 Å². The Bertz CT molecular complexity index is 318. The van der Waals surface area contributed by atoms with E-state index in [1.807, 2.05) is 26.4 Å². The summed E-state index contributed by atoms with van der Waals surface area (Å²) in [4.78, 5) is 0. The third-order valence-electron chi connectivity index (χ3n) is 2.56. The number of aryl methyl sites for hydroxylation is 1. The van der Waals surface area contributed by atoms with Crippen LogP contribution >= 0.6 is 0 Å². The summed E-state index contributed by atoms with van der Waals surface area (Å²) < 4.78 is 1.76. The van der Waals surface area contributed by atoms with Gasteiger partial charge in [0.1, 0.15) is 0 Å². The molecule has 0 amide bonds. The van der Waals surface area contributed by atoms with Crippen molar-refractivity contribution in [1.82, 2.24) is 15.1 Å². The summed E-state index contributed by atoms with van der Waals surface area (Å²) in [5.74, 6) is 0. The second-order valence-corrected chi connectivity index (χ2v) is 5.05. The summed E-state index contributed by atoms with van der Waals surface area (Å²) in [6.07, 6.45) is 5.16. The fourth-order valence-corrected chi connectivity index (χ4v) is 1.72. The Balaban J connectivity index is 2.39. The monoisotopic (exact) mass is 225 g/mol. The van der Waals surface area contributed by atoms with Crippen LogP contribution in [0.1, 0.15) is 32.8 Å². The number of aromatic nitrogens is 2. The Morgan fingerprint density at radius 2 is 2.25 bits per heavy atom. The largest absolute Gasteiger partial charge is 0.390 e. The van der Waals surface area contributed by atoms with Gasteiger partial charge in [-0.1, -0.05) is 13.8 Å². The van der Waals surface area contributed by atoms with Crippen LogP contribution in [0.3, 0.4) is 0 Å². The average Bonchev–Trinajstić information content (AvgIpc) is 2.48. The van der Waals surface area contributed by atoms with E-state index in [1.54, 1.807) is 4.68 Å². The standard InChI is InChI=1S/C12H23N3O/c1-10(2)13-6-5-12(3,16)7-11-8-14-15(4)9-11/h8-10,13,16H,5-7H2,1-4H3. The fraction of sp³-hybridized carbons (Fsp3) is 0.750. The molecule has 0 saturated heterocycles. The highest BCUT2D eigenvalue weighted by molar-refractivity contribution is 5.07. The van der Waals surface area contributed by atoms with Crippen molar-refractivity contribution < 1.29 is 5.11 Å². The van der Waals surface area contributed by atoms with Crippen LogP contribution in [0, 0.1) is 0 Å². The molecule has 1 rings (SSSR count). The minimum atomic E-state index is -0.662. The molecule has 1 atom stereocenters. The lowest BCUT2D eigenvalue weighted by atomic mass is 9.95. The first-order valence-corrected chi connectivity index (χ1v) is 5.82. The molecule has 2 N–H and O–H groups in total. The summed E-state index contributed by atoms with van der Waals surface area (Å²) in [6, 6.07) is 0.467. The zero-order valence-corrected chi connectivity index (χ0v) is 10.7. The molecule has 1 aromatic heterocycles. The quantitative estimate of drug-likeness (QED) is 0.762. The molecular formula is C12H23N3O. The van der Waals surface area contributed by atoms with Gasteiger partial charge in [0, 0.05) is 25.7 Å². The highest BCUT2D eigenvalue weighted by atomic mass is 16.3. The molecule has 16 heavy (non-hydrogen) atoms. The van der Waals surface area contributed by atoms with Gasteiger partial charge in [0.05, 0.1) is 11.8 Å². The molecule has 0 aliphatic carbocycles. The lowest BCUT2D eigenvalue weighted by Crippen LogP contribution is -2.34. The van der Waals surface area contributed by atoms with E-state index in [1.165, 1.54) is 0 Å². The number of hydrogen-bond donors (Lipinski definition) is 2. The second kappa shape index (κ2) is 5.46. The first kappa shape index (κ1) is 13.2. The maximum atomic E-state index is 10.2. The van der Waals surface area contributed by atoms with Crippen LogP contribution in [0.25, 0.3) is 0 Å². The molecule has 1 aromatic rings. The van der Waals surface area contributed by atoms with Gasteiger partial charge in [0.2, 0.25) is 0 Å². The van der Waals surface area contributed by atoms with Crippen LogP contribution < -0.4 is 5.32 Å². The van der Waals surface area contributed by atoms with Gasteiger partial charge in [0.25, 0.3) is 0 Å². The molecular weight excluding hydrogens is 202 g/mol. The van der Waals surface area contributed by atoms with E-state index in [9.17, 15) is 5.11 Å². The van der Waals surface area contributed by atoms with E-state index in [0.717, 1.165) is 18.5 Å². The molecule has 1 unspecified atom stereocenters. The van der Waals surface area contributed by atoms with Crippen molar-refractivity contribution in [2.24, 2.45) is 7.05 Å². The predicted molar refractivity (Wildman–Crippen MR) is 65.3 cm³/mol. The minimum Gasteiger partial charge on any atom is -0.390 e. The Kier molecular flexibility index (Phi) is 4.50. The van der Waals surface area contributed by atoms with E-state index >= 15 is 0 Å². The van der Waals surface area contributed by atoms with Crippen molar-refractivity contribution in [2.75, 3.05) is 6.54 Å². The van der Waals surface area contributed by atoms with Gasteiger partial charge in [-0.05, 0) is 25.5 Å². The lowest BCUT2D eigenvalue weighted by Gasteiger charge is -2.23. The number of nitrogens with one attached hydrogen (secondary N) is 1. The van der Waals surface area contributed by atoms with Gasteiger partial charge in [-0.15, -0.1) is 0 Å². The second-order valence-electron chi connectivity index (χ2n) is 5.05. The topological polar surface area (TPSA) is 50.1 Å². The summed E-state index contributed by atoms with van der Waals surface area (Å²) in [5.41, 5.74) is 0.419. The molecule has 0 aliphatic rings. The Hall–Kier alpha value is -0.870. The van der Waals surface area contributed by atoms with Crippen molar-refractivity contribution in [3.8, 4) is 0 Å². The molecule has 92 valence electrons. The smallest absolute Gasteiger partial charge is 0.0673 e. The van der Waals surface area contributed by atoms with Crippen molar-refractivity contribution in [1.29, 1.82) is 0 Å². The molecule has 1 heterocycles. The van der Waals surface area contributed by atoms with Crippen molar-refractivity contribution in [3.63, 3.8) is 0 Å². The fourth-order valence-electron chi connectivity index (χ4n) is 1.72. The zero-order valence-electron chi connectivity index (χ0n) is 10.7. The van der Waals surface area contributed by atoms with Gasteiger partial charge in [-0.25, -0.2) is 0 Å². The number of nitrogens with zero attached hydrogens (tertiary/aromatic N) is 2. The van der Waals surface area contributed by atoms with Gasteiger partial charge in [0.15, 0.2) is 0 Å². The first-order valence-electron chi connectivity index (χ1n) is 5.82. The average molecular weight is 225 g/mol.